The number of hydrogen-bond donors (Lipinski definition) is 0. The van der Waals surface area contributed by atoms with Gasteiger partial charge in [0.2, 0.25) is 0 Å². The summed E-state index contributed by atoms with van der Waals surface area (Å²) in [6, 6.07) is 38.9. The van der Waals surface area contributed by atoms with Crippen LogP contribution in [0.15, 0.2) is 109 Å². The van der Waals surface area contributed by atoms with Gasteiger partial charge in [0.15, 0.2) is 0 Å². The minimum Gasteiger partial charge on any atom is -0.497 e. The first-order chi connectivity index (χ1) is 18.7. The summed E-state index contributed by atoms with van der Waals surface area (Å²) in [5, 5.41) is 4.31. The molecule has 0 amide bonds. The highest BCUT2D eigenvalue weighted by atomic mass is 16.5. The third-order valence-electron chi connectivity index (χ3n) is 8.32. The molecule has 0 bridgehead atoms. The quantitative estimate of drug-likeness (QED) is 0.242. The zero-order valence-corrected chi connectivity index (χ0v) is 21.1. The number of rotatable bonds is 2. The van der Waals surface area contributed by atoms with E-state index in [1.54, 1.807) is 14.2 Å². The van der Waals surface area contributed by atoms with E-state index in [1.807, 2.05) is 12.1 Å². The molecule has 2 aliphatic rings. The fourth-order valence-electron chi connectivity index (χ4n) is 6.69. The maximum absolute atomic E-state index is 6.99. The lowest BCUT2D eigenvalue weighted by atomic mass is 9.65. The van der Waals surface area contributed by atoms with E-state index in [9.17, 15) is 0 Å². The maximum Gasteiger partial charge on any atom is 0.140 e. The van der Waals surface area contributed by atoms with Crippen LogP contribution >= 0.6 is 0 Å². The van der Waals surface area contributed by atoms with Crippen molar-refractivity contribution < 1.29 is 14.2 Å². The first kappa shape index (κ1) is 21.3. The second kappa shape index (κ2) is 7.62. The molecule has 38 heavy (non-hydrogen) atoms. The summed E-state index contributed by atoms with van der Waals surface area (Å²) in [7, 11) is 3.40. The molecule has 0 atom stereocenters. The Kier molecular flexibility index (Phi) is 4.28. The van der Waals surface area contributed by atoms with Crippen LogP contribution in [0.2, 0.25) is 0 Å². The highest BCUT2D eigenvalue weighted by Gasteiger charge is 2.51. The van der Waals surface area contributed by atoms with Crippen LogP contribution in [0, 0.1) is 0 Å². The molecule has 0 aromatic heterocycles. The van der Waals surface area contributed by atoms with E-state index >= 15 is 0 Å². The molecule has 1 aliphatic heterocycles. The number of benzene rings is 6. The number of methoxy groups -OCH3 is 2. The molecule has 0 radical (unpaired) electrons. The third-order valence-corrected chi connectivity index (χ3v) is 8.32. The van der Waals surface area contributed by atoms with Gasteiger partial charge in [-0.15, -0.1) is 0 Å². The number of hydrogen-bond acceptors (Lipinski definition) is 3. The van der Waals surface area contributed by atoms with E-state index in [0.29, 0.717) is 0 Å². The van der Waals surface area contributed by atoms with Crippen molar-refractivity contribution in [3.63, 3.8) is 0 Å². The first-order valence-electron chi connectivity index (χ1n) is 12.8. The minimum absolute atomic E-state index is 0.502. The van der Waals surface area contributed by atoms with E-state index in [-0.39, 0.29) is 0 Å². The predicted molar refractivity (Wildman–Crippen MR) is 152 cm³/mol. The molecule has 3 heteroatoms. The molecule has 3 nitrogen and oxygen atoms in total. The van der Waals surface area contributed by atoms with Crippen molar-refractivity contribution in [3.8, 4) is 34.1 Å². The number of fused-ring (bicyclic) bond motifs is 13. The average Bonchev–Trinajstić information content (AvgIpc) is 3.27. The molecular formula is C35H24O3. The predicted octanol–water partition coefficient (Wildman–Crippen LogP) is 8.48. The molecule has 0 N–H and O–H groups in total. The van der Waals surface area contributed by atoms with Gasteiger partial charge in [0.05, 0.1) is 19.6 Å². The normalized spacial score (nSPS) is 13.9. The molecule has 6 aromatic rings. The Morgan fingerprint density at radius 1 is 0.500 bits per heavy atom. The van der Waals surface area contributed by atoms with Gasteiger partial charge >= 0.3 is 0 Å². The zero-order valence-electron chi connectivity index (χ0n) is 21.1. The Balaban J connectivity index is 1.57. The van der Waals surface area contributed by atoms with E-state index in [2.05, 4.69) is 97.1 Å². The van der Waals surface area contributed by atoms with Gasteiger partial charge in [-0.3, -0.25) is 0 Å². The van der Waals surface area contributed by atoms with Crippen LogP contribution in [0.5, 0.6) is 23.0 Å². The Hall–Kier alpha value is -4.76. The van der Waals surface area contributed by atoms with Gasteiger partial charge in [-0.25, -0.2) is 0 Å². The Morgan fingerprint density at radius 2 is 0.974 bits per heavy atom. The van der Waals surface area contributed by atoms with Crippen molar-refractivity contribution in [2.75, 3.05) is 14.2 Å². The van der Waals surface area contributed by atoms with E-state index in [4.69, 9.17) is 14.2 Å². The van der Waals surface area contributed by atoms with Gasteiger partial charge in [-0.2, -0.15) is 0 Å². The van der Waals surface area contributed by atoms with Crippen LogP contribution in [0.1, 0.15) is 22.3 Å². The fraction of sp³-hybridized carbons (Fsp3) is 0.0857. The second-order valence-electron chi connectivity index (χ2n) is 10.0. The lowest BCUT2D eigenvalue weighted by Gasteiger charge is -2.40. The van der Waals surface area contributed by atoms with Crippen molar-refractivity contribution >= 4 is 21.5 Å². The lowest BCUT2D eigenvalue weighted by molar-refractivity contribution is 0.415. The Bertz CT molecular complexity index is 1790. The molecule has 1 aliphatic carbocycles. The molecule has 6 aromatic carbocycles. The lowest BCUT2D eigenvalue weighted by Crippen LogP contribution is -2.32. The zero-order chi connectivity index (χ0) is 25.4. The summed E-state index contributed by atoms with van der Waals surface area (Å²) in [4.78, 5) is 0. The fourth-order valence-corrected chi connectivity index (χ4v) is 6.69. The van der Waals surface area contributed by atoms with Crippen molar-refractivity contribution in [2.45, 2.75) is 5.41 Å². The van der Waals surface area contributed by atoms with Crippen LogP contribution in [0.25, 0.3) is 32.7 Å². The summed E-state index contributed by atoms with van der Waals surface area (Å²) in [6.07, 6.45) is 0. The van der Waals surface area contributed by atoms with Gasteiger partial charge in [-0.05, 0) is 69.4 Å². The second-order valence-corrected chi connectivity index (χ2v) is 10.0. The largest absolute Gasteiger partial charge is 0.497 e. The van der Waals surface area contributed by atoms with Gasteiger partial charge in [-0.1, -0.05) is 72.8 Å². The smallest absolute Gasteiger partial charge is 0.140 e. The highest BCUT2D eigenvalue weighted by molar-refractivity contribution is 6.00. The van der Waals surface area contributed by atoms with Crippen molar-refractivity contribution in [3.05, 3.63) is 131 Å². The van der Waals surface area contributed by atoms with Crippen LogP contribution in [0.3, 0.4) is 0 Å². The molecule has 1 heterocycles. The minimum atomic E-state index is -0.502. The standard InChI is InChI=1S/C35H24O3/c1-36-23-13-15-25-21(19-23)11-17-31-33(25)38-34-26-16-14-24(37-2)20-22(26)12-18-32(34)35(31)29-9-5-3-7-27(29)28-8-4-6-10-30(28)35/h3-20H,1-2H3. The van der Waals surface area contributed by atoms with E-state index < -0.39 is 5.41 Å². The molecular weight excluding hydrogens is 468 g/mol. The van der Waals surface area contributed by atoms with Crippen molar-refractivity contribution in [2.24, 2.45) is 0 Å². The van der Waals surface area contributed by atoms with E-state index in [0.717, 1.165) is 55.7 Å². The average molecular weight is 493 g/mol. The van der Waals surface area contributed by atoms with Crippen LogP contribution in [-0.4, -0.2) is 14.2 Å². The maximum atomic E-state index is 6.99. The summed E-state index contributed by atoms with van der Waals surface area (Å²) in [5.41, 5.74) is 6.93. The van der Waals surface area contributed by atoms with Crippen molar-refractivity contribution in [1.29, 1.82) is 0 Å². The topological polar surface area (TPSA) is 27.7 Å². The summed E-state index contributed by atoms with van der Waals surface area (Å²) >= 11 is 0. The summed E-state index contributed by atoms with van der Waals surface area (Å²) in [6.45, 7) is 0. The monoisotopic (exact) mass is 492 g/mol. The molecule has 0 saturated carbocycles. The third kappa shape index (κ3) is 2.58. The molecule has 0 unspecified atom stereocenters. The SMILES string of the molecule is COc1ccc2c3c(ccc2c1)C1(c2ccccc2-c2ccccc21)c1ccc2cc(OC)ccc2c1O3. The molecule has 182 valence electrons. The summed E-state index contributed by atoms with van der Waals surface area (Å²) < 4.78 is 18.1. The molecule has 1 spiro atoms. The molecule has 8 rings (SSSR count). The van der Waals surface area contributed by atoms with Gasteiger partial charge in [0, 0.05) is 21.9 Å². The summed E-state index contributed by atoms with van der Waals surface area (Å²) in [5.74, 6) is 3.45. The number of ether oxygens (including phenoxy) is 3. The van der Waals surface area contributed by atoms with Crippen LogP contribution < -0.4 is 14.2 Å². The van der Waals surface area contributed by atoms with Gasteiger partial charge in [0.25, 0.3) is 0 Å². The Labute approximate surface area is 220 Å². The van der Waals surface area contributed by atoms with Gasteiger partial charge in [0.1, 0.15) is 23.0 Å². The Morgan fingerprint density at radius 3 is 1.45 bits per heavy atom. The van der Waals surface area contributed by atoms with Crippen LogP contribution in [0.4, 0.5) is 0 Å². The molecule has 0 saturated heterocycles. The van der Waals surface area contributed by atoms with E-state index in [1.165, 1.54) is 22.3 Å². The molecule has 0 fully saturated rings. The van der Waals surface area contributed by atoms with Gasteiger partial charge < -0.3 is 14.2 Å². The highest BCUT2D eigenvalue weighted by Crippen LogP contribution is 2.63. The first-order valence-corrected chi connectivity index (χ1v) is 12.8. The van der Waals surface area contributed by atoms with Crippen LogP contribution in [-0.2, 0) is 5.41 Å². The van der Waals surface area contributed by atoms with Crippen molar-refractivity contribution in [1.82, 2.24) is 0 Å².